The van der Waals surface area contributed by atoms with Crippen LogP contribution in [-0.4, -0.2) is 37.6 Å². The zero-order valence-electron chi connectivity index (χ0n) is 10.7. The van der Waals surface area contributed by atoms with Gasteiger partial charge in [-0.15, -0.1) is 0 Å². The molecule has 0 saturated carbocycles. The minimum absolute atomic E-state index is 0.206. The summed E-state index contributed by atoms with van der Waals surface area (Å²) in [6.07, 6.45) is 3.55. The predicted molar refractivity (Wildman–Crippen MR) is 73.7 cm³/mol. The zero-order valence-corrected chi connectivity index (χ0v) is 11.4. The molecule has 1 fully saturated rings. The highest BCUT2D eigenvalue weighted by molar-refractivity contribution is 6.30. The summed E-state index contributed by atoms with van der Waals surface area (Å²) in [4.78, 5) is 2.41. The average Bonchev–Trinajstić information content (AvgIpc) is 2.29. The Bertz CT molecular complexity index is 380. The van der Waals surface area contributed by atoms with Crippen LogP contribution in [0, 0.1) is 0 Å². The van der Waals surface area contributed by atoms with Gasteiger partial charge in [-0.1, -0.05) is 23.7 Å². The summed E-state index contributed by atoms with van der Waals surface area (Å²) in [5, 5.41) is 4.36. The molecule has 1 aliphatic heterocycles. The van der Waals surface area contributed by atoms with E-state index in [4.69, 9.17) is 11.6 Å². The van der Waals surface area contributed by atoms with Crippen molar-refractivity contribution in [2.24, 2.45) is 0 Å². The van der Waals surface area contributed by atoms with Gasteiger partial charge in [0.1, 0.15) is 0 Å². The highest BCUT2D eigenvalue weighted by atomic mass is 35.5. The van der Waals surface area contributed by atoms with Gasteiger partial charge in [0.05, 0.1) is 0 Å². The number of likely N-dealkylation sites (tertiary alicyclic amines) is 1. The van der Waals surface area contributed by atoms with E-state index >= 15 is 0 Å². The Kier molecular flexibility index (Phi) is 4.08. The largest absolute Gasteiger partial charge is 0.313 e. The molecule has 1 heterocycles. The molecule has 0 radical (unpaired) electrons. The maximum Gasteiger partial charge on any atom is 0.0408 e. The van der Waals surface area contributed by atoms with E-state index < -0.39 is 0 Å². The number of hydrogen-bond acceptors (Lipinski definition) is 2. The second kappa shape index (κ2) is 5.38. The standard InChI is InChI=1S/C14H21ClN2/c1-16-14(7-4-8-17(2)11-14)10-12-5-3-6-13(15)9-12/h3,5-6,9,16H,4,7-8,10-11H2,1-2H3. The number of benzene rings is 1. The van der Waals surface area contributed by atoms with Gasteiger partial charge in [0.15, 0.2) is 0 Å². The summed E-state index contributed by atoms with van der Waals surface area (Å²) in [5.74, 6) is 0. The first kappa shape index (κ1) is 12.9. The van der Waals surface area contributed by atoms with Gasteiger partial charge >= 0.3 is 0 Å². The smallest absolute Gasteiger partial charge is 0.0408 e. The SMILES string of the molecule is CNC1(Cc2cccc(Cl)c2)CCCN(C)C1. The molecule has 1 unspecified atom stereocenters. The third kappa shape index (κ3) is 3.21. The van der Waals surface area contributed by atoms with Crippen LogP contribution in [0.4, 0.5) is 0 Å². The van der Waals surface area contributed by atoms with E-state index in [1.807, 2.05) is 12.1 Å². The van der Waals surface area contributed by atoms with Gasteiger partial charge < -0.3 is 10.2 Å². The molecule has 0 spiro atoms. The normalized spacial score (nSPS) is 26.1. The molecular formula is C14H21ClN2. The van der Waals surface area contributed by atoms with E-state index in [0.717, 1.165) is 18.0 Å². The van der Waals surface area contributed by atoms with E-state index in [1.54, 1.807) is 0 Å². The van der Waals surface area contributed by atoms with Crippen LogP contribution in [0.3, 0.4) is 0 Å². The molecule has 1 aromatic carbocycles. The number of halogens is 1. The molecule has 0 aliphatic carbocycles. The summed E-state index contributed by atoms with van der Waals surface area (Å²) in [7, 11) is 4.27. The molecule has 0 amide bonds. The quantitative estimate of drug-likeness (QED) is 0.890. The lowest BCUT2D eigenvalue weighted by atomic mass is 9.83. The van der Waals surface area contributed by atoms with Crippen molar-refractivity contribution in [3.63, 3.8) is 0 Å². The first-order valence-corrected chi connectivity index (χ1v) is 6.63. The van der Waals surface area contributed by atoms with Crippen molar-refractivity contribution in [1.29, 1.82) is 0 Å². The fourth-order valence-corrected chi connectivity index (χ4v) is 3.05. The van der Waals surface area contributed by atoms with Crippen LogP contribution >= 0.6 is 11.6 Å². The van der Waals surface area contributed by atoms with Crippen molar-refractivity contribution < 1.29 is 0 Å². The Labute approximate surface area is 109 Å². The monoisotopic (exact) mass is 252 g/mol. The van der Waals surface area contributed by atoms with Crippen molar-refractivity contribution in [3.8, 4) is 0 Å². The third-order valence-corrected chi connectivity index (χ3v) is 3.96. The van der Waals surface area contributed by atoms with Gasteiger partial charge in [0.2, 0.25) is 0 Å². The molecule has 17 heavy (non-hydrogen) atoms. The second-order valence-electron chi connectivity index (χ2n) is 5.18. The lowest BCUT2D eigenvalue weighted by Crippen LogP contribution is -2.56. The van der Waals surface area contributed by atoms with Gasteiger partial charge in [-0.3, -0.25) is 0 Å². The number of hydrogen-bond donors (Lipinski definition) is 1. The minimum atomic E-state index is 0.206. The highest BCUT2D eigenvalue weighted by Crippen LogP contribution is 2.25. The molecule has 2 rings (SSSR count). The van der Waals surface area contributed by atoms with Crippen molar-refractivity contribution in [1.82, 2.24) is 10.2 Å². The number of piperidine rings is 1. The van der Waals surface area contributed by atoms with E-state index in [0.29, 0.717) is 0 Å². The maximum atomic E-state index is 6.05. The molecule has 3 heteroatoms. The molecule has 0 aromatic heterocycles. The van der Waals surface area contributed by atoms with E-state index in [2.05, 4.69) is 36.4 Å². The Morgan fingerprint density at radius 2 is 2.29 bits per heavy atom. The molecule has 1 aromatic rings. The molecule has 1 aliphatic rings. The van der Waals surface area contributed by atoms with E-state index in [-0.39, 0.29) is 5.54 Å². The van der Waals surface area contributed by atoms with Crippen LogP contribution in [-0.2, 0) is 6.42 Å². The van der Waals surface area contributed by atoms with Crippen LogP contribution in [0.25, 0.3) is 0 Å². The Hall–Kier alpha value is -0.570. The summed E-state index contributed by atoms with van der Waals surface area (Å²) in [6, 6.07) is 8.21. The van der Waals surface area contributed by atoms with Crippen molar-refractivity contribution in [2.75, 3.05) is 27.2 Å². The maximum absolute atomic E-state index is 6.05. The summed E-state index contributed by atoms with van der Waals surface area (Å²) in [6.45, 7) is 2.31. The number of likely N-dealkylation sites (N-methyl/N-ethyl adjacent to an activating group) is 2. The molecule has 2 nitrogen and oxygen atoms in total. The average molecular weight is 253 g/mol. The summed E-state index contributed by atoms with van der Waals surface area (Å²) < 4.78 is 0. The molecule has 94 valence electrons. The van der Waals surface area contributed by atoms with Crippen LogP contribution < -0.4 is 5.32 Å². The zero-order chi connectivity index (χ0) is 12.3. The predicted octanol–water partition coefficient (Wildman–Crippen LogP) is 2.57. The minimum Gasteiger partial charge on any atom is -0.313 e. The lowest BCUT2D eigenvalue weighted by molar-refractivity contribution is 0.151. The van der Waals surface area contributed by atoms with Gasteiger partial charge in [-0.25, -0.2) is 0 Å². The van der Waals surface area contributed by atoms with Crippen LogP contribution in [0.15, 0.2) is 24.3 Å². The van der Waals surface area contributed by atoms with Crippen LogP contribution in [0.2, 0.25) is 5.02 Å². The summed E-state index contributed by atoms with van der Waals surface area (Å²) >= 11 is 6.05. The highest BCUT2D eigenvalue weighted by Gasteiger charge is 2.32. The molecule has 0 bridgehead atoms. The number of rotatable bonds is 3. The third-order valence-electron chi connectivity index (χ3n) is 3.73. The van der Waals surface area contributed by atoms with Crippen molar-refractivity contribution in [2.45, 2.75) is 24.8 Å². The van der Waals surface area contributed by atoms with Gasteiger partial charge in [-0.05, 0) is 57.6 Å². The fraction of sp³-hybridized carbons (Fsp3) is 0.571. The van der Waals surface area contributed by atoms with Crippen LogP contribution in [0.5, 0.6) is 0 Å². The Balaban J connectivity index is 2.13. The molecular weight excluding hydrogens is 232 g/mol. The summed E-state index contributed by atoms with van der Waals surface area (Å²) in [5.41, 5.74) is 1.53. The van der Waals surface area contributed by atoms with Gasteiger partial charge in [-0.2, -0.15) is 0 Å². The first-order valence-electron chi connectivity index (χ1n) is 6.25. The van der Waals surface area contributed by atoms with Gasteiger partial charge in [0, 0.05) is 17.1 Å². The molecule has 1 N–H and O–H groups in total. The molecule has 1 atom stereocenters. The van der Waals surface area contributed by atoms with Crippen molar-refractivity contribution in [3.05, 3.63) is 34.9 Å². The first-order chi connectivity index (χ1) is 8.13. The van der Waals surface area contributed by atoms with Crippen LogP contribution in [0.1, 0.15) is 18.4 Å². The topological polar surface area (TPSA) is 15.3 Å². The Morgan fingerprint density at radius 3 is 2.94 bits per heavy atom. The fourth-order valence-electron chi connectivity index (χ4n) is 2.84. The lowest BCUT2D eigenvalue weighted by Gasteiger charge is -2.41. The number of nitrogens with zero attached hydrogens (tertiary/aromatic N) is 1. The van der Waals surface area contributed by atoms with E-state index in [1.165, 1.54) is 24.9 Å². The number of nitrogens with one attached hydrogen (secondary N) is 1. The molecule has 1 saturated heterocycles. The second-order valence-corrected chi connectivity index (χ2v) is 5.61. The van der Waals surface area contributed by atoms with E-state index in [9.17, 15) is 0 Å². The Morgan fingerprint density at radius 1 is 1.47 bits per heavy atom. The van der Waals surface area contributed by atoms with Crippen molar-refractivity contribution >= 4 is 11.6 Å². The van der Waals surface area contributed by atoms with Gasteiger partial charge in [0.25, 0.3) is 0 Å².